The van der Waals surface area contributed by atoms with Crippen LogP contribution in [0, 0.1) is 0 Å². The van der Waals surface area contributed by atoms with Crippen molar-refractivity contribution >= 4 is 34.3 Å². The molecule has 0 amide bonds. The molecule has 0 bridgehead atoms. The van der Waals surface area contributed by atoms with Gasteiger partial charge in [-0.2, -0.15) is 0 Å². The summed E-state index contributed by atoms with van der Waals surface area (Å²) in [5, 5.41) is 22.9. The first-order valence-corrected chi connectivity index (χ1v) is 11.7. The Morgan fingerprint density at radius 2 is 1.73 bits per heavy atom. The third kappa shape index (κ3) is 4.81. The van der Waals surface area contributed by atoms with Crippen LogP contribution in [0.3, 0.4) is 0 Å². The summed E-state index contributed by atoms with van der Waals surface area (Å²) >= 11 is 0. The molecule has 174 valence electrons. The zero-order valence-electron chi connectivity index (χ0n) is 19.3. The Bertz CT molecular complexity index is 1090. The molecule has 1 atom stereocenters. The SMILES string of the molecule is C[C@@H](O)c1cc2cnc(Nc3ccc(N4CCN(C)CC4)nn3)nc2c(N2CCCCC2)n1. The molecule has 0 saturated carbocycles. The molecule has 0 spiro atoms. The van der Waals surface area contributed by atoms with Crippen LogP contribution < -0.4 is 15.1 Å². The van der Waals surface area contributed by atoms with E-state index in [1.54, 1.807) is 13.1 Å². The molecule has 0 unspecified atom stereocenters. The first kappa shape index (κ1) is 21.7. The highest BCUT2D eigenvalue weighted by Crippen LogP contribution is 2.29. The molecule has 33 heavy (non-hydrogen) atoms. The molecule has 2 saturated heterocycles. The molecule has 10 nitrogen and oxygen atoms in total. The Hall–Kier alpha value is -3.11. The minimum atomic E-state index is -0.648. The molecule has 10 heteroatoms. The Morgan fingerprint density at radius 1 is 0.939 bits per heavy atom. The number of hydrogen-bond acceptors (Lipinski definition) is 10. The number of nitrogens with zero attached hydrogens (tertiary/aromatic N) is 8. The van der Waals surface area contributed by atoms with Crippen LogP contribution in [0.4, 0.5) is 23.4 Å². The fourth-order valence-electron chi connectivity index (χ4n) is 4.35. The molecule has 2 fully saturated rings. The second-order valence-corrected chi connectivity index (χ2v) is 8.92. The third-order valence-corrected chi connectivity index (χ3v) is 6.37. The summed E-state index contributed by atoms with van der Waals surface area (Å²) in [7, 11) is 2.14. The van der Waals surface area contributed by atoms with E-state index < -0.39 is 6.10 Å². The summed E-state index contributed by atoms with van der Waals surface area (Å²) in [5.41, 5.74) is 1.42. The van der Waals surface area contributed by atoms with Crippen LogP contribution in [-0.4, -0.2) is 81.5 Å². The van der Waals surface area contributed by atoms with E-state index in [0.717, 1.165) is 74.6 Å². The van der Waals surface area contributed by atoms with Crippen LogP contribution in [0.5, 0.6) is 0 Å². The number of fused-ring (bicyclic) bond motifs is 1. The standard InChI is InChI=1S/C23H31N9O/c1-16(33)18-14-17-15-24-23(27-21(17)22(25-18)32-8-4-3-5-9-32)26-19-6-7-20(29-28-19)31-12-10-30(2)11-13-31/h6-7,14-16,33H,3-5,8-13H2,1-2H3,(H,24,26,27,28)/t16-/m1/s1. The van der Waals surface area contributed by atoms with Gasteiger partial charge in [0.25, 0.3) is 0 Å². The van der Waals surface area contributed by atoms with Gasteiger partial charge in [0.2, 0.25) is 5.95 Å². The fraction of sp³-hybridized carbons (Fsp3) is 0.522. The van der Waals surface area contributed by atoms with Gasteiger partial charge in [0.15, 0.2) is 17.5 Å². The maximum atomic E-state index is 10.1. The molecule has 0 aromatic carbocycles. The van der Waals surface area contributed by atoms with E-state index in [1.807, 2.05) is 18.2 Å². The average Bonchev–Trinajstić information content (AvgIpc) is 2.85. The Labute approximate surface area is 193 Å². The number of aliphatic hydroxyl groups is 1. The van der Waals surface area contributed by atoms with Gasteiger partial charge in [0.1, 0.15) is 5.52 Å². The minimum Gasteiger partial charge on any atom is -0.387 e. The molecule has 5 rings (SSSR count). The molecule has 2 aliphatic rings. The van der Waals surface area contributed by atoms with Crippen LogP contribution in [0.25, 0.3) is 10.9 Å². The van der Waals surface area contributed by atoms with Gasteiger partial charge in [-0.05, 0) is 51.4 Å². The second kappa shape index (κ2) is 9.40. The summed E-state index contributed by atoms with van der Waals surface area (Å²) < 4.78 is 0. The highest BCUT2D eigenvalue weighted by atomic mass is 16.3. The minimum absolute atomic E-state index is 0.453. The Kier molecular flexibility index (Phi) is 6.19. The Morgan fingerprint density at radius 3 is 2.42 bits per heavy atom. The summed E-state index contributed by atoms with van der Waals surface area (Å²) in [4.78, 5) is 20.8. The fourth-order valence-corrected chi connectivity index (χ4v) is 4.35. The third-order valence-electron chi connectivity index (χ3n) is 6.37. The van der Waals surface area contributed by atoms with Gasteiger partial charge in [-0.15, -0.1) is 10.2 Å². The zero-order chi connectivity index (χ0) is 22.8. The number of aromatic nitrogens is 5. The number of pyridine rings is 1. The predicted molar refractivity (Wildman–Crippen MR) is 129 cm³/mol. The molecular formula is C23H31N9O. The van der Waals surface area contributed by atoms with Gasteiger partial charge in [-0.3, -0.25) is 0 Å². The largest absolute Gasteiger partial charge is 0.387 e. The van der Waals surface area contributed by atoms with E-state index in [-0.39, 0.29) is 0 Å². The molecular weight excluding hydrogens is 418 g/mol. The van der Waals surface area contributed by atoms with Crippen molar-refractivity contribution in [3.8, 4) is 0 Å². The van der Waals surface area contributed by atoms with Crippen molar-refractivity contribution in [1.29, 1.82) is 0 Å². The van der Waals surface area contributed by atoms with Gasteiger partial charge in [-0.1, -0.05) is 0 Å². The van der Waals surface area contributed by atoms with Crippen molar-refractivity contribution < 1.29 is 5.11 Å². The van der Waals surface area contributed by atoms with Gasteiger partial charge in [0, 0.05) is 50.9 Å². The number of piperazine rings is 1. The van der Waals surface area contributed by atoms with Crippen molar-refractivity contribution in [3.63, 3.8) is 0 Å². The maximum absolute atomic E-state index is 10.1. The normalized spacial score (nSPS) is 18.5. The lowest BCUT2D eigenvalue weighted by Crippen LogP contribution is -2.44. The van der Waals surface area contributed by atoms with Crippen molar-refractivity contribution in [2.24, 2.45) is 0 Å². The van der Waals surface area contributed by atoms with Gasteiger partial charge in [-0.25, -0.2) is 15.0 Å². The van der Waals surface area contributed by atoms with Crippen LogP contribution in [0.2, 0.25) is 0 Å². The van der Waals surface area contributed by atoms with Crippen LogP contribution in [-0.2, 0) is 0 Å². The number of nitrogens with one attached hydrogen (secondary N) is 1. The van der Waals surface area contributed by atoms with E-state index in [2.05, 4.69) is 42.2 Å². The van der Waals surface area contributed by atoms with E-state index in [9.17, 15) is 5.11 Å². The summed E-state index contributed by atoms with van der Waals surface area (Å²) in [6.07, 6.45) is 4.62. The van der Waals surface area contributed by atoms with E-state index >= 15 is 0 Å². The maximum Gasteiger partial charge on any atom is 0.229 e. The monoisotopic (exact) mass is 449 g/mol. The van der Waals surface area contributed by atoms with Gasteiger partial charge >= 0.3 is 0 Å². The molecule has 2 N–H and O–H groups in total. The number of piperidine rings is 1. The molecule has 5 heterocycles. The summed E-state index contributed by atoms with van der Waals surface area (Å²) in [5.74, 6) is 2.75. The van der Waals surface area contributed by atoms with E-state index in [0.29, 0.717) is 17.5 Å². The van der Waals surface area contributed by atoms with Crippen molar-refractivity contribution in [3.05, 3.63) is 30.1 Å². The van der Waals surface area contributed by atoms with Crippen LogP contribution in [0.1, 0.15) is 38.0 Å². The highest BCUT2D eigenvalue weighted by molar-refractivity contribution is 5.89. The lowest BCUT2D eigenvalue weighted by atomic mass is 10.1. The number of likely N-dealkylation sites (N-methyl/N-ethyl adjacent to an activating group) is 1. The smallest absolute Gasteiger partial charge is 0.229 e. The molecule has 0 radical (unpaired) electrons. The molecule has 2 aliphatic heterocycles. The number of hydrogen-bond donors (Lipinski definition) is 2. The lowest BCUT2D eigenvalue weighted by Gasteiger charge is -2.32. The molecule has 0 aliphatic carbocycles. The Balaban J connectivity index is 1.40. The number of anilines is 4. The van der Waals surface area contributed by atoms with E-state index in [1.165, 1.54) is 6.42 Å². The molecule has 3 aromatic heterocycles. The van der Waals surface area contributed by atoms with Crippen molar-refractivity contribution in [1.82, 2.24) is 30.0 Å². The summed E-state index contributed by atoms with van der Waals surface area (Å²) in [6.45, 7) is 7.57. The number of rotatable bonds is 5. The lowest BCUT2D eigenvalue weighted by molar-refractivity contribution is 0.194. The van der Waals surface area contributed by atoms with E-state index in [4.69, 9.17) is 9.97 Å². The topological polar surface area (TPSA) is 106 Å². The van der Waals surface area contributed by atoms with Crippen molar-refractivity contribution in [2.45, 2.75) is 32.3 Å². The highest BCUT2D eigenvalue weighted by Gasteiger charge is 2.20. The zero-order valence-corrected chi connectivity index (χ0v) is 19.3. The summed E-state index contributed by atoms with van der Waals surface area (Å²) in [6, 6.07) is 5.76. The average molecular weight is 450 g/mol. The molecule has 3 aromatic rings. The van der Waals surface area contributed by atoms with Crippen LogP contribution in [0.15, 0.2) is 24.4 Å². The first-order valence-electron chi connectivity index (χ1n) is 11.7. The van der Waals surface area contributed by atoms with Crippen molar-refractivity contribution in [2.75, 3.05) is 61.4 Å². The number of aliphatic hydroxyl groups excluding tert-OH is 1. The second-order valence-electron chi connectivity index (χ2n) is 8.92. The van der Waals surface area contributed by atoms with Crippen LogP contribution >= 0.6 is 0 Å². The van der Waals surface area contributed by atoms with Gasteiger partial charge in [0.05, 0.1) is 11.8 Å². The predicted octanol–water partition coefficient (Wildman–Crippen LogP) is 2.35. The first-order chi connectivity index (χ1) is 16.1. The van der Waals surface area contributed by atoms with Gasteiger partial charge < -0.3 is 25.1 Å². The quantitative estimate of drug-likeness (QED) is 0.603.